The predicted octanol–water partition coefficient (Wildman–Crippen LogP) is 5.09. The number of anilines is 1. The van der Waals surface area contributed by atoms with Crippen LogP contribution in [0.15, 0.2) is 18.2 Å². The smallest absolute Gasteiger partial charge is 0.153 e. The van der Waals surface area contributed by atoms with Crippen molar-refractivity contribution in [3.8, 4) is 11.1 Å². The Morgan fingerprint density at radius 2 is 2.00 bits per heavy atom. The molecule has 3 N–H and O–H groups in total. The molecule has 0 radical (unpaired) electrons. The van der Waals surface area contributed by atoms with Gasteiger partial charge in [-0.25, -0.2) is 0 Å². The van der Waals surface area contributed by atoms with Crippen LogP contribution in [0.2, 0.25) is 10.0 Å². The van der Waals surface area contributed by atoms with Crippen molar-refractivity contribution in [1.29, 1.82) is 0 Å². The molecule has 2 aromatic rings. The summed E-state index contributed by atoms with van der Waals surface area (Å²) in [6.07, 6.45) is 5.73. The molecular weight excluding hydrogens is 293 g/mol. The quantitative estimate of drug-likeness (QED) is 0.730. The van der Waals surface area contributed by atoms with Crippen LogP contribution < -0.4 is 5.73 Å². The van der Waals surface area contributed by atoms with E-state index in [1.165, 1.54) is 19.3 Å². The summed E-state index contributed by atoms with van der Waals surface area (Å²) in [7, 11) is 0. The number of hydrogen-bond acceptors (Lipinski definition) is 2. The highest BCUT2D eigenvalue weighted by atomic mass is 35.5. The number of nitrogen functional groups attached to an aromatic ring is 1. The van der Waals surface area contributed by atoms with Crippen LogP contribution in [-0.2, 0) is 6.42 Å². The van der Waals surface area contributed by atoms with E-state index in [1.54, 1.807) is 6.07 Å². The van der Waals surface area contributed by atoms with Gasteiger partial charge in [-0.05, 0) is 25.0 Å². The van der Waals surface area contributed by atoms with Gasteiger partial charge in [0, 0.05) is 21.8 Å². The largest absolute Gasteiger partial charge is 0.382 e. The first-order valence-corrected chi connectivity index (χ1v) is 7.67. The molecule has 0 bridgehead atoms. The average Bonchev–Trinajstić information content (AvgIpc) is 2.76. The summed E-state index contributed by atoms with van der Waals surface area (Å²) in [5.74, 6) is 0.486. The van der Waals surface area contributed by atoms with Crippen molar-refractivity contribution < 1.29 is 0 Å². The van der Waals surface area contributed by atoms with Gasteiger partial charge in [0.1, 0.15) is 0 Å². The van der Waals surface area contributed by atoms with Crippen molar-refractivity contribution in [2.45, 2.75) is 39.0 Å². The number of hydrogen-bond donors (Lipinski definition) is 2. The average molecular weight is 312 g/mol. The Balaban J connectivity index is 2.24. The number of halogens is 2. The number of unbranched alkanes of at least 4 members (excludes halogenated alkanes) is 3. The van der Waals surface area contributed by atoms with Gasteiger partial charge in [0.25, 0.3) is 0 Å². The molecule has 3 nitrogen and oxygen atoms in total. The number of benzene rings is 1. The minimum atomic E-state index is 0.486. The highest BCUT2D eigenvalue weighted by molar-refractivity contribution is 6.36. The SMILES string of the molecule is CCCCCCc1[nH]nc(N)c1-c1ccc(Cl)cc1Cl. The van der Waals surface area contributed by atoms with E-state index in [1.807, 2.05) is 12.1 Å². The number of nitrogens with one attached hydrogen (secondary N) is 1. The molecule has 108 valence electrons. The van der Waals surface area contributed by atoms with Gasteiger partial charge in [-0.1, -0.05) is 55.5 Å². The topological polar surface area (TPSA) is 54.7 Å². The Labute approximate surface area is 129 Å². The van der Waals surface area contributed by atoms with Crippen LogP contribution in [0.1, 0.15) is 38.3 Å². The molecule has 0 unspecified atom stereocenters. The molecule has 1 aromatic carbocycles. The van der Waals surface area contributed by atoms with Gasteiger partial charge in [0.05, 0.1) is 5.02 Å². The van der Waals surface area contributed by atoms with Crippen LogP contribution in [0.4, 0.5) is 5.82 Å². The lowest BCUT2D eigenvalue weighted by Gasteiger charge is -2.07. The second-order valence-corrected chi connectivity index (χ2v) is 5.74. The maximum Gasteiger partial charge on any atom is 0.153 e. The van der Waals surface area contributed by atoms with Crippen molar-refractivity contribution in [3.63, 3.8) is 0 Å². The summed E-state index contributed by atoms with van der Waals surface area (Å²) in [6, 6.07) is 5.43. The van der Waals surface area contributed by atoms with Gasteiger partial charge >= 0.3 is 0 Å². The molecule has 0 saturated carbocycles. The summed E-state index contributed by atoms with van der Waals surface area (Å²) in [6.45, 7) is 2.20. The summed E-state index contributed by atoms with van der Waals surface area (Å²) >= 11 is 12.2. The van der Waals surface area contributed by atoms with Gasteiger partial charge in [-0.3, -0.25) is 5.10 Å². The molecule has 5 heteroatoms. The Bertz CT molecular complexity index is 578. The molecule has 0 saturated heterocycles. The van der Waals surface area contributed by atoms with Crippen molar-refractivity contribution in [1.82, 2.24) is 10.2 Å². The van der Waals surface area contributed by atoms with Gasteiger partial charge in [-0.2, -0.15) is 5.10 Å². The van der Waals surface area contributed by atoms with E-state index in [0.717, 1.165) is 29.7 Å². The van der Waals surface area contributed by atoms with Crippen LogP contribution in [0.25, 0.3) is 11.1 Å². The van der Waals surface area contributed by atoms with Crippen molar-refractivity contribution in [2.24, 2.45) is 0 Å². The van der Waals surface area contributed by atoms with E-state index in [2.05, 4.69) is 17.1 Å². The Morgan fingerprint density at radius 1 is 1.20 bits per heavy atom. The summed E-state index contributed by atoms with van der Waals surface area (Å²) in [5.41, 5.74) is 8.81. The number of aromatic nitrogens is 2. The molecule has 1 aromatic heterocycles. The zero-order valence-electron chi connectivity index (χ0n) is 11.5. The van der Waals surface area contributed by atoms with Crippen LogP contribution in [0, 0.1) is 0 Å². The minimum absolute atomic E-state index is 0.486. The van der Waals surface area contributed by atoms with Gasteiger partial charge < -0.3 is 5.73 Å². The molecule has 2 rings (SSSR count). The molecule has 1 heterocycles. The molecule has 0 aliphatic carbocycles. The lowest BCUT2D eigenvalue weighted by Crippen LogP contribution is -1.93. The van der Waals surface area contributed by atoms with E-state index < -0.39 is 0 Å². The fraction of sp³-hybridized carbons (Fsp3) is 0.400. The number of H-pyrrole nitrogens is 1. The molecule has 0 fully saturated rings. The van der Waals surface area contributed by atoms with Crippen molar-refractivity contribution in [2.75, 3.05) is 5.73 Å². The number of nitrogens with two attached hydrogens (primary N) is 1. The Morgan fingerprint density at radius 3 is 2.70 bits per heavy atom. The summed E-state index contributed by atoms with van der Waals surface area (Å²) in [5, 5.41) is 8.35. The van der Waals surface area contributed by atoms with E-state index >= 15 is 0 Å². The van der Waals surface area contributed by atoms with Crippen molar-refractivity contribution in [3.05, 3.63) is 33.9 Å². The second-order valence-electron chi connectivity index (χ2n) is 4.90. The minimum Gasteiger partial charge on any atom is -0.382 e. The zero-order valence-corrected chi connectivity index (χ0v) is 13.1. The fourth-order valence-corrected chi connectivity index (χ4v) is 2.80. The molecular formula is C15H19Cl2N3. The van der Waals surface area contributed by atoms with E-state index in [9.17, 15) is 0 Å². The molecule has 0 amide bonds. The molecule has 0 spiro atoms. The first-order chi connectivity index (χ1) is 9.63. The molecule has 0 aliphatic heterocycles. The predicted molar refractivity (Wildman–Crippen MR) is 86.3 cm³/mol. The Hall–Kier alpha value is -1.19. The third-order valence-corrected chi connectivity index (χ3v) is 3.90. The van der Waals surface area contributed by atoms with E-state index in [0.29, 0.717) is 15.9 Å². The van der Waals surface area contributed by atoms with Gasteiger partial charge in [0.15, 0.2) is 5.82 Å². The Kier molecular flexibility index (Phi) is 5.32. The second kappa shape index (κ2) is 7.00. The lowest BCUT2D eigenvalue weighted by molar-refractivity contribution is 0.660. The summed E-state index contributed by atoms with van der Waals surface area (Å²) < 4.78 is 0. The normalized spacial score (nSPS) is 10.9. The molecule has 20 heavy (non-hydrogen) atoms. The molecule has 0 aliphatic rings. The fourth-order valence-electron chi connectivity index (χ4n) is 2.30. The first-order valence-electron chi connectivity index (χ1n) is 6.91. The third-order valence-electron chi connectivity index (χ3n) is 3.35. The number of aryl methyl sites for hydroxylation is 1. The molecule has 0 atom stereocenters. The van der Waals surface area contributed by atoms with E-state index in [4.69, 9.17) is 28.9 Å². The van der Waals surface area contributed by atoms with Crippen LogP contribution in [-0.4, -0.2) is 10.2 Å². The third kappa shape index (κ3) is 3.47. The maximum absolute atomic E-state index is 6.27. The maximum atomic E-state index is 6.27. The van der Waals surface area contributed by atoms with Crippen LogP contribution in [0.3, 0.4) is 0 Å². The lowest BCUT2D eigenvalue weighted by atomic mass is 10.0. The van der Waals surface area contributed by atoms with Crippen LogP contribution >= 0.6 is 23.2 Å². The highest BCUT2D eigenvalue weighted by Gasteiger charge is 2.15. The van der Waals surface area contributed by atoms with Crippen molar-refractivity contribution >= 4 is 29.0 Å². The monoisotopic (exact) mass is 311 g/mol. The number of rotatable bonds is 6. The summed E-state index contributed by atoms with van der Waals surface area (Å²) in [4.78, 5) is 0. The van der Waals surface area contributed by atoms with Gasteiger partial charge in [0.2, 0.25) is 0 Å². The number of aromatic amines is 1. The van der Waals surface area contributed by atoms with E-state index in [-0.39, 0.29) is 0 Å². The van der Waals surface area contributed by atoms with Gasteiger partial charge in [-0.15, -0.1) is 0 Å². The zero-order chi connectivity index (χ0) is 14.5. The first kappa shape index (κ1) is 15.2. The van der Waals surface area contributed by atoms with Crippen LogP contribution in [0.5, 0.6) is 0 Å². The highest BCUT2D eigenvalue weighted by Crippen LogP contribution is 2.35. The standard InChI is InChI=1S/C15H19Cl2N3/c1-2-3-4-5-6-13-14(15(18)20-19-13)11-8-7-10(16)9-12(11)17/h7-9H,2-6H2,1H3,(H3,18,19,20). The number of nitrogens with zero attached hydrogens (tertiary/aromatic N) is 1.